The zero-order valence-corrected chi connectivity index (χ0v) is 9.27. The first-order valence-corrected chi connectivity index (χ1v) is 4.59. The molecule has 0 aliphatic rings. The van der Waals surface area contributed by atoms with E-state index in [-0.39, 0.29) is 0 Å². The molecular weight excluding hydrogens is 207 g/mol. The van der Waals surface area contributed by atoms with Crippen LogP contribution in [0.3, 0.4) is 0 Å². The highest BCUT2D eigenvalue weighted by Crippen LogP contribution is 2.22. The molecule has 1 atom stereocenters. The van der Waals surface area contributed by atoms with Crippen molar-refractivity contribution in [2.75, 3.05) is 0 Å². The molecule has 15 heavy (non-hydrogen) atoms. The van der Waals surface area contributed by atoms with Crippen LogP contribution in [0, 0.1) is 5.41 Å². The van der Waals surface area contributed by atoms with Gasteiger partial charge in [-0.05, 0) is 12.3 Å². The van der Waals surface area contributed by atoms with Gasteiger partial charge < -0.3 is 5.32 Å². The molecular formula is C10H16F3NO. The van der Waals surface area contributed by atoms with Gasteiger partial charge in [-0.25, -0.2) is 0 Å². The summed E-state index contributed by atoms with van der Waals surface area (Å²) in [6, 6.07) is -0.628. The first-order valence-electron chi connectivity index (χ1n) is 4.59. The molecule has 1 N–H and O–H groups in total. The average molecular weight is 223 g/mol. The van der Waals surface area contributed by atoms with Crippen molar-refractivity contribution in [2.24, 2.45) is 5.41 Å². The first kappa shape index (κ1) is 14.0. The third-order valence-electron chi connectivity index (χ3n) is 1.86. The molecule has 0 aromatic carbocycles. The average Bonchev–Trinajstić information content (AvgIpc) is 1.99. The second-order valence-electron chi connectivity index (χ2n) is 4.34. The Bertz CT molecular complexity index is 250. The molecule has 0 radical (unpaired) electrons. The van der Waals surface area contributed by atoms with Gasteiger partial charge >= 0.3 is 12.1 Å². The molecule has 0 spiro atoms. The van der Waals surface area contributed by atoms with Crippen LogP contribution in [0.15, 0.2) is 12.2 Å². The second-order valence-corrected chi connectivity index (χ2v) is 4.34. The van der Waals surface area contributed by atoms with Crippen molar-refractivity contribution in [3.63, 3.8) is 0 Å². The highest BCUT2D eigenvalue weighted by molar-refractivity contribution is 5.82. The van der Waals surface area contributed by atoms with E-state index in [1.165, 1.54) is 0 Å². The lowest BCUT2D eigenvalue weighted by Crippen LogP contribution is -2.47. The maximum Gasteiger partial charge on any atom is 0.471 e. The summed E-state index contributed by atoms with van der Waals surface area (Å²) >= 11 is 0. The lowest BCUT2D eigenvalue weighted by Gasteiger charge is -2.29. The fourth-order valence-electron chi connectivity index (χ4n) is 0.969. The summed E-state index contributed by atoms with van der Waals surface area (Å²) in [4.78, 5) is 10.7. The monoisotopic (exact) mass is 223 g/mol. The van der Waals surface area contributed by atoms with Gasteiger partial charge in [0, 0.05) is 0 Å². The molecule has 1 amide bonds. The molecule has 0 aromatic heterocycles. The number of amides is 1. The molecule has 0 unspecified atom stereocenters. The third kappa shape index (κ3) is 4.85. The van der Waals surface area contributed by atoms with Gasteiger partial charge in [-0.1, -0.05) is 32.9 Å². The quantitative estimate of drug-likeness (QED) is 0.716. The smallest absolute Gasteiger partial charge is 0.342 e. The van der Waals surface area contributed by atoms with Gasteiger partial charge in [-0.3, -0.25) is 4.79 Å². The van der Waals surface area contributed by atoms with Crippen molar-refractivity contribution in [1.82, 2.24) is 5.32 Å². The fraction of sp³-hybridized carbons (Fsp3) is 0.700. The van der Waals surface area contributed by atoms with Crippen molar-refractivity contribution in [3.8, 4) is 0 Å². The van der Waals surface area contributed by atoms with Crippen molar-refractivity contribution in [3.05, 3.63) is 12.2 Å². The lowest BCUT2D eigenvalue weighted by atomic mass is 9.86. The number of carbonyl (C=O) groups excluding carboxylic acids is 1. The molecule has 2 nitrogen and oxygen atoms in total. The number of carbonyl (C=O) groups is 1. The molecule has 0 saturated carbocycles. The molecule has 0 aliphatic heterocycles. The maximum absolute atomic E-state index is 12.0. The zero-order valence-electron chi connectivity index (χ0n) is 9.27. The van der Waals surface area contributed by atoms with E-state index in [4.69, 9.17) is 0 Å². The van der Waals surface area contributed by atoms with E-state index in [0.717, 1.165) is 0 Å². The van der Waals surface area contributed by atoms with Gasteiger partial charge in [0.15, 0.2) is 0 Å². The van der Waals surface area contributed by atoms with Gasteiger partial charge in [-0.2, -0.15) is 13.2 Å². The number of nitrogens with one attached hydrogen (secondary N) is 1. The Balaban J connectivity index is 4.65. The summed E-state index contributed by atoms with van der Waals surface area (Å²) in [5, 5.41) is 1.95. The Morgan fingerprint density at radius 2 is 1.73 bits per heavy atom. The Kier molecular flexibility index (Phi) is 4.37. The number of allylic oxidation sites excluding steroid dienone is 1. The number of halogens is 3. The van der Waals surface area contributed by atoms with Crippen LogP contribution in [0.25, 0.3) is 0 Å². The van der Waals surface area contributed by atoms with E-state index in [1.807, 2.05) is 5.32 Å². The summed E-state index contributed by atoms with van der Waals surface area (Å²) in [6.45, 7) is 6.97. The number of rotatable bonds is 2. The summed E-state index contributed by atoms with van der Waals surface area (Å²) in [5.74, 6) is -1.90. The molecule has 0 rings (SSSR count). The Morgan fingerprint density at radius 3 is 2.00 bits per heavy atom. The van der Waals surface area contributed by atoms with Gasteiger partial charge in [0.2, 0.25) is 0 Å². The number of hydrogen-bond donors (Lipinski definition) is 1. The highest BCUT2D eigenvalue weighted by atomic mass is 19.4. The second kappa shape index (κ2) is 4.68. The fourth-order valence-corrected chi connectivity index (χ4v) is 0.969. The Labute approximate surface area is 87.5 Å². The van der Waals surface area contributed by atoms with Crippen molar-refractivity contribution in [1.29, 1.82) is 0 Å². The van der Waals surface area contributed by atoms with Crippen LogP contribution in [0.5, 0.6) is 0 Å². The molecule has 88 valence electrons. The summed E-state index contributed by atoms with van der Waals surface area (Å²) in [6.07, 6.45) is -1.67. The normalized spacial score (nSPS) is 15.4. The molecule has 0 heterocycles. The van der Waals surface area contributed by atoms with Crippen LogP contribution < -0.4 is 5.32 Å². The van der Waals surface area contributed by atoms with Crippen LogP contribution in [0.4, 0.5) is 13.2 Å². The maximum atomic E-state index is 12.0. The Morgan fingerprint density at radius 1 is 1.27 bits per heavy atom. The van der Waals surface area contributed by atoms with Crippen molar-refractivity contribution in [2.45, 2.75) is 39.9 Å². The number of hydrogen-bond acceptors (Lipinski definition) is 1. The Hall–Kier alpha value is -1.00. The molecule has 0 aromatic rings. The molecule has 0 aliphatic carbocycles. The topological polar surface area (TPSA) is 29.1 Å². The van der Waals surface area contributed by atoms with E-state index in [1.54, 1.807) is 39.8 Å². The van der Waals surface area contributed by atoms with Crippen molar-refractivity contribution < 1.29 is 18.0 Å². The minimum absolute atomic E-state index is 0.451. The van der Waals surface area contributed by atoms with Crippen LogP contribution in [-0.4, -0.2) is 18.1 Å². The zero-order chi connectivity index (χ0) is 12.3. The SMILES string of the molecule is C/C=C/[C@H](NC(=O)C(F)(F)F)C(C)(C)C. The van der Waals surface area contributed by atoms with E-state index < -0.39 is 23.5 Å². The minimum atomic E-state index is -4.83. The van der Waals surface area contributed by atoms with E-state index in [0.29, 0.717) is 0 Å². The van der Waals surface area contributed by atoms with Gasteiger partial charge in [-0.15, -0.1) is 0 Å². The van der Waals surface area contributed by atoms with E-state index in [2.05, 4.69) is 0 Å². The number of alkyl halides is 3. The largest absolute Gasteiger partial charge is 0.471 e. The molecule has 0 fully saturated rings. The standard InChI is InChI=1S/C10H16F3NO/c1-5-6-7(9(2,3)4)14-8(15)10(11,12)13/h5-7H,1-4H3,(H,14,15)/b6-5+/t7-/m0/s1. The van der Waals surface area contributed by atoms with Crippen LogP contribution in [-0.2, 0) is 4.79 Å². The minimum Gasteiger partial charge on any atom is -0.342 e. The van der Waals surface area contributed by atoms with Crippen LogP contribution in [0.2, 0.25) is 0 Å². The van der Waals surface area contributed by atoms with E-state index >= 15 is 0 Å². The summed E-state index contributed by atoms with van der Waals surface area (Å²) in [5.41, 5.74) is -0.451. The third-order valence-corrected chi connectivity index (χ3v) is 1.86. The lowest BCUT2D eigenvalue weighted by molar-refractivity contribution is -0.174. The molecule has 0 saturated heterocycles. The van der Waals surface area contributed by atoms with E-state index in [9.17, 15) is 18.0 Å². The highest BCUT2D eigenvalue weighted by Gasteiger charge is 2.40. The van der Waals surface area contributed by atoms with Gasteiger partial charge in [0.25, 0.3) is 0 Å². The van der Waals surface area contributed by atoms with Crippen LogP contribution >= 0.6 is 0 Å². The summed E-state index contributed by atoms with van der Waals surface area (Å²) in [7, 11) is 0. The van der Waals surface area contributed by atoms with Crippen LogP contribution in [0.1, 0.15) is 27.7 Å². The molecule has 5 heteroatoms. The first-order chi connectivity index (χ1) is 6.59. The van der Waals surface area contributed by atoms with Crippen molar-refractivity contribution >= 4 is 5.91 Å². The van der Waals surface area contributed by atoms with Gasteiger partial charge in [0.1, 0.15) is 0 Å². The molecule has 0 bridgehead atoms. The predicted octanol–water partition coefficient (Wildman–Crippen LogP) is 2.66. The predicted molar refractivity (Wildman–Crippen MR) is 52.3 cm³/mol. The summed E-state index contributed by atoms with van der Waals surface area (Å²) < 4.78 is 36.0. The van der Waals surface area contributed by atoms with Gasteiger partial charge in [0.05, 0.1) is 6.04 Å².